The highest BCUT2D eigenvalue weighted by molar-refractivity contribution is 5.96. The monoisotopic (exact) mass is 425 g/mol. The van der Waals surface area contributed by atoms with Crippen molar-refractivity contribution in [1.82, 2.24) is 5.32 Å². The summed E-state index contributed by atoms with van der Waals surface area (Å²) in [5.41, 5.74) is 9.03. The number of allylic oxidation sites excluding steroid dienone is 2. The number of alkyl halides is 3. The Labute approximate surface area is 178 Å². The first kappa shape index (κ1) is 20.9. The normalized spacial score (nSPS) is 20.3. The van der Waals surface area contributed by atoms with Crippen molar-refractivity contribution < 1.29 is 18.0 Å². The third-order valence-corrected chi connectivity index (χ3v) is 5.62. The standard InChI is InChI=1S/C24H22F3N3O/c1-23-13-5-8-19(21(23)29-22(30-23)24(25,26)27)18-11-9-16(15-6-3-2-4-7-15)14-17(18)10-12-20(28)31/h2-9,11,14H,10,12-13H2,1H3,(H2,28,31)(H,29,30). The molecule has 2 aromatic rings. The summed E-state index contributed by atoms with van der Waals surface area (Å²) in [5, 5.41) is 2.52. The van der Waals surface area contributed by atoms with Gasteiger partial charge in [0.05, 0.1) is 5.70 Å². The number of benzene rings is 2. The lowest BCUT2D eigenvalue weighted by Crippen LogP contribution is -2.34. The molecular weight excluding hydrogens is 403 g/mol. The van der Waals surface area contributed by atoms with Crippen molar-refractivity contribution >= 4 is 17.3 Å². The van der Waals surface area contributed by atoms with Gasteiger partial charge in [0.1, 0.15) is 5.54 Å². The number of aryl methyl sites for hydroxylation is 1. The van der Waals surface area contributed by atoms with Crippen LogP contribution in [0.15, 0.2) is 71.4 Å². The quantitative estimate of drug-likeness (QED) is 0.725. The van der Waals surface area contributed by atoms with E-state index in [0.29, 0.717) is 24.1 Å². The van der Waals surface area contributed by atoms with E-state index in [1.54, 1.807) is 6.92 Å². The molecule has 0 saturated carbocycles. The van der Waals surface area contributed by atoms with E-state index in [1.165, 1.54) is 0 Å². The molecule has 4 rings (SSSR count). The summed E-state index contributed by atoms with van der Waals surface area (Å²) in [6.45, 7) is 1.69. The van der Waals surface area contributed by atoms with Crippen LogP contribution in [0.1, 0.15) is 30.9 Å². The molecule has 1 aliphatic heterocycles. The summed E-state index contributed by atoms with van der Waals surface area (Å²) >= 11 is 0. The molecule has 7 heteroatoms. The lowest BCUT2D eigenvalue weighted by Gasteiger charge is -2.28. The van der Waals surface area contributed by atoms with Crippen LogP contribution in [0, 0.1) is 0 Å². The van der Waals surface area contributed by atoms with Crippen molar-refractivity contribution in [3.05, 3.63) is 77.5 Å². The molecule has 0 fully saturated rings. The minimum absolute atomic E-state index is 0.145. The largest absolute Gasteiger partial charge is 0.449 e. The van der Waals surface area contributed by atoms with E-state index in [0.717, 1.165) is 22.3 Å². The van der Waals surface area contributed by atoms with Gasteiger partial charge in [-0.3, -0.25) is 9.79 Å². The summed E-state index contributed by atoms with van der Waals surface area (Å²) in [5.74, 6) is -1.41. The van der Waals surface area contributed by atoms with Gasteiger partial charge in [0, 0.05) is 12.0 Å². The molecule has 31 heavy (non-hydrogen) atoms. The number of amidine groups is 1. The predicted molar refractivity (Wildman–Crippen MR) is 115 cm³/mol. The number of nitrogens with two attached hydrogens (primary N) is 1. The number of aliphatic imine (C=N–C) groups is 1. The Kier molecular flexibility index (Phi) is 5.21. The van der Waals surface area contributed by atoms with E-state index in [9.17, 15) is 18.0 Å². The maximum Gasteiger partial charge on any atom is 0.449 e. The average Bonchev–Trinajstić information content (AvgIpc) is 3.11. The number of hydrogen-bond donors (Lipinski definition) is 2. The van der Waals surface area contributed by atoms with Gasteiger partial charge in [-0.05, 0) is 42.0 Å². The molecule has 1 heterocycles. The topological polar surface area (TPSA) is 67.5 Å². The highest BCUT2D eigenvalue weighted by Crippen LogP contribution is 2.42. The molecule has 1 aliphatic carbocycles. The van der Waals surface area contributed by atoms with Gasteiger partial charge in [-0.1, -0.05) is 60.7 Å². The molecule has 0 saturated heterocycles. The highest BCUT2D eigenvalue weighted by atomic mass is 19.4. The summed E-state index contributed by atoms with van der Waals surface area (Å²) < 4.78 is 40.0. The zero-order chi connectivity index (χ0) is 22.2. The van der Waals surface area contributed by atoms with Crippen LogP contribution in [-0.2, 0) is 11.2 Å². The van der Waals surface area contributed by atoms with Gasteiger partial charge in [-0.25, -0.2) is 0 Å². The Hall–Kier alpha value is -3.35. The zero-order valence-electron chi connectivity index (χ0n) is 17.0. The fraction of sp³-hybridized carbons (Fsp3) is 0.250. The first-order valence-corrected chi connectivity index (χ1v) is 10.00. The van der Waals surface area contributed by atoms with Crippen LogP contribution in [0.2, 0.25) is 0 Å². The molecule has 4 nitrogen and oxygen atoms in total. The van der Waals surface area contributed by atoms with Gasteiger partial charge in [0.15, 0.2) is 0 Å². The molecule has 0 bridgehead atoms. The van der Waals surface area contributed by atoms with E-state index in [-0.39, 0.29) is 6.42 Å². The predicted octanol–water partition coefficient (Wildman–Crippen LogP) is 4.77. The molecule has 3 N–H and O–H groups in total. The van der Waals surface area contributed by atoms with Crippen LogP contribution < -0.4 is 11.1 Å². The molecule has 1 atom stereocenters. The van der Waals surface area contributed by atoms with Gasteiger partial charge in [-0.2, -0.15) is 13.2 Å². The van der Waals surface area contributed by atoms with Crippen LogP contribution in [0.3, 0.4) is 0 Å². The van der Waals surface area contributed by atoms with Gasteiger partial charge < -0.3 is 11.1 Å². The summed E-state index contributed by atoms with van der Waals surface area (Å²) in [6.07, 6.45) is 0.0181. The molecule has 2 aliphatic rings. The minimum Gasteiger partial charge on any atom is -0.370 e. The Morgan fingerprint density at radius 2 is 1.90 bits per heavy atom. The molecule has 160 valence electrons. The summed E-state index contributed by atoms with van der Waals surface area (Å²) in [6, 6.07) is 15.6. The molecule has 0 radical (unpaired) electrons. The molecule has 2 aromatic carbocycles. The Bertz CT molecular complexity index is 1120. The molecule has 0 spiro atoms. The lowest BCUT2D eigenvalue weighted by atomic mass is 9.82. The van der Waals surface area contributed by atoms with Crippen molar-refractivity contribution in [2.24, 2.45) is 10.7 Å². The maximum absolute atomic E-state index is 13.3. The molecule has 0 aromatic heterocycles. The number of primary amides is 1. The van der Waals surface area contributed by atoms with Crippen LogP contribution in [0.5, 0.6) is 0 Å². The summed E-state index contributed by atoms with van der Waals surface area (Å²) in [7, 11) is 0. The van der Waals surface area contributed by atoms with E-state index in [4.69, 9.17) is 5.73 Å². The molecule has 1 amide bonds. The number of nitrogens with zero attached hydrogens (tertiary/aromatic N) is 1. The van der Waals surface area contributed by atoms with Gasteiger partial charge >= 0.3 is 6.18 Å². The minimum atomic E-state index is -4.55. The molecule has 1 unspecified atom stereocenters. The zero-order valence-corrected chi connectivity index (χ0v) is 17.0. The number of carbonyl (C=O) groups excluding carboxylic acids is 1. The Balaban J connectivity index is 1.82. The second-order valence-corrected chi connectivity index (χ2v) is 7.96. The summed E-state index contributed by atoms with van der Waals surface area (Å²) in [4.78, 5) is 15.4. The second kappa shape index (κ2) is 7.72. The number of amides is 1. The van der Waals surface area contributed by atoms with E-state index in [2.05, 4.69) is 10.3 Å². The van der Waals surface area contributed by atoms with E-state index < -0.39 is 23.5 Å². The third-order valence-electron chi connectivity index (χ3n) is 5.62. The van der Waals surface area contributed by atoms with E-state index >= 15 is 0 Å². The number of halogens is 3. The van der Waals surface area contributed by atoms with Crippen molar-refractivity contribution in [2.75, 3.05) is 0 Å². The van der Waals surface area contributed by atoms with Crippen LogP contribution in [0.25, 0.3) is 16.7 Å². The first-order valence-electron chi connectivity index (χ1n) is 10.00. The smallest absolute Gasteiger partial charge is 0.370 e. The lowest BCUT2D eigenvalue weighted by molar-refractivity contribution is -0.118. The van der Waals surface area contributed by atoms with Gasteiger partial charge in [-0.15, -0.1) is 0 Å². The number of rotatable bonds is 5. The highest BCUT2D eigenvalue weighted by Gasteiger charge is 2.47. The van der Waals surface area contributed by atoms with Gasteiger partial charge in [0.25, 0.3) is 0 Å². The van der Waals surface area contributed by atoms with Crippen molar-refractivity contribution in [3.8, 4) is 11.1 Å². The maximum atomic E-state index is 13.3. The van der Waals surface area contributed by atoms with Crippen LogP contribution >= 0.6 is 0 Å². The number of carbonyl (C=O) groups is 1. The number of fused-ring (bicyclic) bond motifs is 1. The number of nitrogens with one attached hydrogen (secondary N) is 1. The fourth-order valence-corrected chi connectivity index (χ4v) is 4.07. The van der Waals surface area contributed by atoms with Gasteiger partial charge in [0.2, 0.25) is 11.7 Å². The average molecular weight is 425 g/mol. The third kappa shape index (κ3) is 4.13. The Morgan fingerprint density at radius 3 is 2.58 bits per heavy atom. The van der Waals surface area contributed by atoms with Crippen LogP contribution in [-0.4, -0.2) is 23.5 Å². The Morgan fingerprint density at radius 1 is 1.16 bits per heavy atom. The first-order chi connectivity index (χ1) is 14.7. The van der Waals surface area contributed by atoms with Crippen molar-refractivity contribution in [1.29, 1.82) is 0 Å². The second-order valence-electron chi connectivity index (χ2n) is 7.96. The van der Waals surface area contributed by atoms with Crippen LogP contribution in [0.4, 0.5) is 13.2 Å². The molecular formula is C24H22F3N3O. The fourth-order valence-electron chi connectivity index (χ4n) is 4.07. The van der Waals surface area contributed by atoms with E-state index in [1.807, 2.05) is 60.7 Å². The SMILES string of the molecule is CC12CC=CC(c3ccc(-c4ccccc4)cc3CCC(N)=O)=C1NC(C(F)(F)F)=N2. The number of hydrogen-bond acceptors (Lipinski definition) is 3. The van der Waals surface area contributed by atoms with Crippen molar-refractivity contribution in [3.63, 3.8) is 0 Å². The van der Waals surface area contributed by atoms with Crippen molar-refractivity contribution in [2.45, 2.75) is 37.9 Å².